The average molecular weight is 444 g/mol. The number of aryl methyl sites for hydroxylation is 1. The molecule has 0 bridgehead atoms. The number of pyridine rings is 3. The first-order valence-electron chi connectivity index (χ1n) is 10.9. The molecular weight excluding hydrogens is 418 g/mol. The number of nitrogens with zero attached hydrogens (tertiary/aromatic N) is 8. The van der Waals surface area contributed by atoms with E-state index in [2.05, 4.69) is 48.5 Å². The highest BCUT2D eigenvalue weighted by Crippen LogP contribution is 2.32. The molecule has 1 aliphatic rings. The molecule has 4 aromatic heterocycles. The third kappa shape index (κ3) is 4.51. The third-order valence-electron chi connectivity index (χ3n) is 5.76. The van der Waals surface area contributed by atoms with E-state index in [0.717, 1.165) is 60.6 Å². The standard InChI is InChI=1S/C23H25N9O/c1-30-8-3-9-32(11-10-30)22-18(20-15-31(2)29-28-20)12-17-13-21(25-14-19(17)26-22)27-23(33)16-4-6-24-7-5-16/h4-7,12-15H,3,8-11H2,1-2H3,(H,25,27,33). The highest BCUT2D eigenvalue weighted by Gasteiger charge is 2.21. The number of hydrogen-bond donors (Lipinski definition) is 1. The molecule has 0 aromatic carbocycles. The van der Waals surface area contributed by atoms with Gasteiger partial charge in [-0.15, -0.1) is 5.10 Å². The van der Waals surface area contributed by atoms with Crippen molar-refractivity contribution < 1.29 is 4.79 Å². The zero-order valence-corrected chi connectivity index (χ0v) is 18.6. The van der Waals surface area contributed by atoms with Crippen LogP contribution >= 0.6 is 0 Å². The molecule has 10 heteroatoms. The second-order valence-electron chi connectivity index (χ2n) is 8.23. The van der Waals surface area contributed by atoms with Gasteiger partial charge in [0.05, 0.1) is 17.9 Å². The van der Waals surface area contributed by atoms with Crippen LogP contribution in [0.1, 0.15) is 16.8 Å². The summed E-state index contributed by atoms with van der Waals surface area (Å²) in [7, 11) is 3.99. The molecule has 1 aliphatic heterocycles. The molecule has 33 heavy (non-hydrogen) atoms. The first kappa shape index (κ1) is 21.0. The Morgan fingerprint density at radius 3 is 2.70 bits per heavy atom. The van der Waals surface area contributed by atoms with Crippen molar-refractivity contribution >= 4 is 28.4 Å². The molecule has 0 spiro atoms. The monoisotopic (exact) mass is 443 g/mol. The van der Waals surface area contributed by atoms with Crippen molar-refractivity contribution in [3.8, 4) is 11.3 Å². The normalized spacial score (nSPS) is 14.9. The minimum absolute atomic E-state index is 0.239. The summed E-state index contributed by atoms with van der Waals surface area (Å²) in [6.07, 6.45) is 7.83. The van der Waals surface area contributed by atoms with Gasteiger partial charge in [0.15, 0.2) is 0 Å². The summed E-state index contributed by atoms with van der Waals surface area (Å²) in [5, 5.41) is 12.2. The van der Waals surface area contributed by atoms with Gasteiger partial charge in [0.25, 0.3) is 5.91 Å². The van der Waals surface area contributed by atoms with Crippen molar-refractivity contribution in [2.24, 2.45) is 7.05 Å². The number of hydrogen-bond acceptors (Lipinski definition) is 8. The van der Waals surface area contributed by atoms with Gasteiger partial charge in [-0.1, -0.05) is 5.21 Å². The van der Waals surface area contributed by atoms with Crippen molar-refractivity contribution in [1.82, 2.24) is 34.8 Å². The van der Waals surface area contributed by atoms with E-state index in [9.17, 15) is 4.79 Å². The number of anilines is 2. The zero-order chi connectivity index (χ0) is 22.8. The highest BCUT2D eigenvalue weighted by atomic mass is 16.1. The van der Waals surface area contributed by atoms with Crippen LogP contribution in [0.2, 0.25) is 0 Å². The third-order valence-corrected chi connectivity index (χ3v) is 5.76. The van der Waals surface area contributed by atoms with Gasteiger partial charge < -0.3 is 15.1 Å². The second-order valence-corrected chi connectivity index (χ2v) is 8.23. The Labute approximate surface area is 191 Å². The fraction of sp³-hybridized carbons (Fsp3) is 0.304. The minimum atomic E-state index is -0.239. The van der Waals surface area contributed by atoms with Crippen LogP contribution in [-0.2, 0) is 7.05 Å². The lowest BCUT2D eigenvalue weighted by atomic mass is 10.1. The van der Waals surface area contributed by atoms with Crippen molar-refractivity contribution in [3.05, 3.63) is 54.6 Å². The Balaban J connectivity index is 1.53. The van der Waals surface area contributed by atoms with Crippen molar-refractivity contribution in [2.75, 3.05) is 43.4 Å². The molecule has 1 amide bonds. The Kier molecular flexibility index (Phi) is 5.66. The van der Waals surface area contributed by atoms with Crippen LogP contribution < -0.4 is 10.2 Å². The van der Waals surface area contributed by atoms with Crippen LogP contribution in [0.4, 0.5) is 11.6 Å². The summed E-state index contributed by atoms with van der Waals surface area (Å²) in [4.78, 5) is 30.5. The molecule has 10 nitrogen and oxygen atoms in total. The minimum Gasteiger partial charge on any atom is -0.355 e. The van der Waals surface area contributed by atoms with Crippen LogP contribution in [0.3, 0.4) is 0 Å². The molecule has 168 valence electrons. The molecule has 0 unspecified atom stereocenters. The quantitative estimate of drug-likeness (QED) is 0.512. The lowest BCUT2D eigenvalue weighted by Gasteiger charge is -2.24. The van der Waals surface area contributed by atoms with Gasteiger partial charge in [0, 0.05) is 55.6 Å². The summed E-state index contributed by atoms with van der Waals surface area (Å²) >= 11 is 0. The smallest absolute Gasteiger partial charge is 0.256 e. The lowest BCUT2D eigenvalue weighted by molar-refractivity contribution is 0.102. The van der Waals surface area contributed by atoms with Crippen LogP contribution in [-0.4, -0.2) is 74.0 Å². The average Bonchev–Trinajstić information content (AvgIpc) is 3.15. The largest absolute Gasteiger partial charge is 0.355 e. The maximum Gasteiger partial charge on any atom is 0.256 e. The van der Waals surface area contributed by atoms with Gasteiger partial charge in [0.1, 0.15) is 17.3 Å². The Morgan fingerprint density at radius 2 is 1.91 bits per heavy atom. The molecule has 1 fully saturated rings. The molecule has 4 aromatic rings. The summed E-state index contributed by atoms with van der Waals surface area (Å²) in [5.74, 6) is 1.10. The topological polar surface area (TPSA) is 105 Å². The molecule has 0 aliphatic carbocycles. The number of fused-ring (bicyclic) bond motifs is 1. The molecule has 5 rings (SSSR count). The zero-order valence-electron chi connectivity index (χ0n) is 18.6. The summed E-state index contributed by atoms with van der Waals surface area (Å²) in [5.41, 5.74) is 2.96. The lowest BCUT2D eigenvalue weighted by Crippen LogP contribution is -2.29. The molecular formula is C23H25N9O. The van der Waals surface area contributed by atoms with E-state index in [1.165, 1.54) is 0 Å². The first-order valence-corrected chi connectivity index (χ1v) is 10.9. The maximum absolute atomic E-state index is 12.5. The van der Waals surface area contributed by atoms with Gasteiger partial charge in [-0.05, 0) is 44.3 Å². The van der Waals surface area contributed by atoms with E-state index < -0.39 is 0 Å². The number of rotatable bonds is 4. The van der Waals surface area contributed by atoms with Crippen LogP contribution in [0, 0.1) is 0 Å². The predicted octanol–water partition coefficient (Wildman–Crippen LogP) is 2.21. The van der Waals surface area contributed by atoms with Crippen LogP contribution in [0.25, 0.3) is 22.2 Å². The Bertz CT molecular complexity index is 1290. The molecule has 0 radical (unpaired) electrons. The van der Waals surface area contributed by atoms with Crippen molar-refractivity contribution in [2.45, 2.75) is 6.42 Å². The fourth-order valence-corrected chi connectivity index (χ4v) is 3.99. The van der Waals surface area contributed by atoms with Crippen molar-refractivity contribution in [1.29, 1.82) is 0 Å². The molecule has 0 atom stereocenters. The van der Waals surface area contributed by atoms with E-state index >= 15 is 0 Å². The van der Waals surface area contributed by atoms with Crippen molar-refractivity contribution in [3.63, 3.8) is 0 Å². The second kappa shape index (κ2) is 8.91. The molecule has 5 heterocycles. The SMILES string of the molecule is CN1CCCN(c2nc3cnc(NC(=O)c4ccncc4)cc3cc2-c2cn(C)nn2)CC1. The molecule has 0 saturated carbocycles. The van der Waals surface area contributed by atoms with Gasteiger partial charge in [-0.2, -0.15) is 0 Å². The van der Waals surface area contributed by atoms with E-state index in [4.69, 9.17) is 4.98 Å². The maximum atomic E-state index is 12.5. The number of nitrogens with one attached hydrogen (secondary N) is 1. The van der Waals surface area contributed by atoms with E-state index in [1.807, 2.05) is 19.3 Å². The molecule has 1 N–H and O–H groups in total. The predicted molar refractivity (Wildman–Crippen MR) is 126 cm³/mol. The van der Waals surface area contributed by atoms with E-state index in [0.29, 0.717) is 11.4 Å². The number of likely N-dealkylation sites (N-methyl/N-ethyl adjacent to an activating group) is 1. The van der Waals surface area contributed by atoms with Gasteiger partial charge in [0.2, 0.25) is 0 Å². The fourth-order valence-electron chi connectivity index (χ4n) is 3.99. The number of aromatic nitrogens is 6. The number of carbonyl (C=O) groups excluding carboxylic acids is 1. The van der Waals surface area contributed by atoms with Gasteiger partial charge in [-0.3, -0.25) is 14.5 Å². The van der Waals surface area contributed by atoms with Crippen LogP contribution in [0.5, 0.6) is 0 Å². The summed E-state index contributed by atoms with van der Waals surface area (Å²) < 4.78 is 1.69. The summed E-state index contributed by atoms with van der Waals surface area (Å²) in [6, 6.07) is 7.21. The van der Waals surface area contributed by atoms with E-state index in [-0.39, 0.29) is 5.91 Å². The van der Waals surface area contributed by atoms with Gasteiger partial charge >= 0.3 is 0 Å². The first-order chi connectivity index (χ1) is 16.1. The Morgan fingerprint density at radius 1 is 1.06 bits per heavy atom. The number of amides is 1. The molecule has 1 saturated heterocycles. The van der Waals surface area contributed by atoms with E-state index in [1.54, 1.807) is 35.4 Å². The van der Waals surface area contributed by atoms with Gasteiger partial charge in [-0.25, -0.2) is 9.97 Å². The summed E-state index contributed by atoms with van der Waals surface area (Å²) in [6.45, 7) is 3.84. The van der Waals surface area contributed by atoms with Crippen LogP contribution in [0.15, 0.2) is 49.1 Å². The highest BCUT2D eigenvalue weighted by molar-refractivity contribution is 6.04. The Hall–Kier alpha value is -3.92. The number of carbonyl (C=O) groups is 1.